The summed E-state index contributed by atoms with van der Waals surface area (Å²) < 4.78 is 11.0. The van der Waals surface area contributed by atoms with E-state index in [0.717, 1.165) is 43.7 Å². The SMILES string of the molecule is CC(C)(C#N)c1cc(-c2cnc(N)c(-c3cc(-c4ccc(CNC5CCOCC5)cc4)no3)n2)ccn1. The smallest absolute Gasteiger partial charge is 0.189 e. The molecule has 3 N–H and O–H groups in total. The fourth-order valence-electron chi connectivity index (χ4n) is 4.19. The first-order chi connectivity index (χ1) is 17.9. The van der Waals surface area contributed by atoms with Gasteiger partial charge in [-0.3, -0.25) is 4.98 Å². The first kappa shape index (κ1) is 24.6. The highest BCUT2D eigenvalue weighted by Crippen LogP contribution is 2.31. The van der Waals surface area contributed by atoms with Gasteiger partial charge in [0.25, 0.3) is 0 Å². The van der Waals surface area contributed by atoms with Gasteiger partial charge in [0.05, 0.1) is 29.1 Å². The molecule has 1 saturated heterocycles. The van der Waals surface area contributed by atoms with Crippen molar-refractivity contribution in [1.82, 2.24) is 25.4 Å². The molecule has 3 aromatic heterocycles. The van der Waals surface area contributed by atoms with Crippen LogP contribution in [-0.2, 0) is 16.7 Å². The average molecular weight is 496 g/mol. The summed E-state index contributed by atoms with van der Waals surface area (Å²) in [6.45, 7) is 6.11. The molecule has 9 nitrogen and oxygen atoms in total. The number of hydrogen-bond donors (Lipinski definition) is 2. The molecular formula is C28H29N7O2. The number of nitrogens with two attached hydrogens (primary N) is 1. The zero-order valence-corrected chi connectivity index (χ0v) is 20.9. The molecule has 0 saturated carbocycles. The van der Waals surface area contributed by atoms with Crippen LogP contribution in [0.5, 0.6) is 0 Å². The molecule has 188 valence electrons. The number of anilines is 1. The van der Waals surface area contributed by atoms with Gasteiger partial charge < -0.3 is 20.3 Å². The van der Waals surface area contributed by atoms with Gasteiger partial charge in [-0.2, -0.15) is 5.26 Å². The molecule has 1 aliphatic rings. The highest BCUT2D eigenvalue weighted by atomic mass is 16.5. The zero-order chi connectivity index (χ0) is 25.8. The van der Waals surface area contributed by atoms with Crippen molar-refractivity contribution in [3.8, 4) is 40.0 Å². The molecule has 0 radical (unpaired) electrons. The van der Waals surface area contributed by atoms with Gasteiger partial charge in [-0.1, -0.05) is 29.4 Å². The fraction of sp³-hybridized carbons (Fsp3) is 0.321. The normalized spacial score (nSPS) is 14.4. The molecule has 1 aliphatic heterocycles. The van der Waals surface area contributed by atoms with E-state index in [2.05, 4.69) is 38.6 Å². The summed E-state index contributed by atoms with van der Waals surface area (Å²) in [6, 6.07) is 16.5. The molecule has 4 heterocycles. The molecule has 0 bridgehead atoms. The highest BCUT2D eigenvalue weighted by Gasteiger charge is 2.22. The Morgan fingerprint density at radius 3 is 2.59 bits per heavy atom. The number of hydrogen-bond acceptors (Lipinski definition) is 9. The Labute approximate surface area is 215 Å². The van der Waals surface area contributed by atoms with Crippen LogP contribution in [0.1, 0.15) is 37.9 Å². The van der Waals surface area contributed by atoms with Crippen molar-refractivity contribution in [2.24, 2.45) is 0 Å². The molecule has 0 unspecified atom stereocenters. The lowest BCUT2D eigenvalue weighted by molar-refractivity contribution is 0.0776. The predicted octanol–water partition coefficient (Wildman–Crippen LogP) is 4.51. The molecular weight excluding hydrogens is 466 g/mol. The van der Waals surface area contributed by atoms with Crippen LogP contribution in [0.3, 0.4) is 0 Å². The summed E-state index contributed by atoms with van der Waals surface area (Å²) in [6.07, 6.45) is 5.36. The molecule has 1 fully saturated rings. The fourth-order valence-corrected chi connectivity index (χ4v) is 4.19. The van der Waals surface area contributed by atoms with Crippen molar-refractivity contribution in [3.05, 3.63) is 66.1 Å². The van der Waals surface area contributed by atoms with E-state index in [4.69, 9.17) is 20.0 Å². The van der Waals surface area contributed by atoms with E-state index in [1.54, 1.807) is 12.4 Å². The molecule has 1 aromatic carbocycles. The number of nitrogen functional groups attached to an aromatic ring is 1. The van der Waals surface area contributed by atoms with Crippen LogP contribution in [-0.4, -0.2) is 39.4 Å². The second-order valence-electron chi connectivity index (χ2n) is 9.70. The van der Waals surface area contributed by atoms with Crippen molar-refractivity contribution in [2.45, 2.75) is 44.7 Å². The topological polar surface area (TPSA) is 136 Å². The van der Waals surface area contributed by atoms with E-state index in [0.29, 0.717) is 34.6 Å². The lowest BCUT2D eigenvalue weighted by atomic mass is 9.90. The average Bonchev–Trinajstić information content (AvgIpc) is 3.43. The second kappa shape index (κ2) is 10.5. The van der Waals surface area contributed by atoms with Crippen LogP contribution >= 0.6 is 0 Å². The lowest BCUT2D eigenvalue weighted by Crippen LogP contribution is -2.34. The molecule has 4 aromatic rings. The summed E-state index contributed by atoms with van der Waals surface area (Å²) in [7, 11) is 0. The van der Waals surface area contributed by atoms with Gasteiger partial charge >= 0.3 is 0 Å². The van der Waals surface area contributed by atoms with E-state index in [-0.39, 0.29) is 5.82 Å². The van der Waals surface area contributed by atoms with Crippen LogP contribution in [0.25, 0.3) is 34.0 Å². The van der Waals surface area contributed by atoms with Crippen molar-refractivity contribution in [1.29, 1.82) is 5.26 Å². The number of ether oxygens (including phenoxy) is 1. The summed E-state index contributed by atoms with van der Waals surface area (Å²) >= 11 is 0. The van der Waals surface area contributed by atoms with E-state index in [1.165, 1.54) is 5.56 Å². The summed E-state index contributed by atoms with van der Waals surface area (Å²) in [5, 5.41) is 17.3. The van der Waals surface area contributed by atoms with E-state index < -0.39 is 5.41 Å². The minimum atomic E-state index is -0.726. The van der Waals surface area contributed by atoms with Crippen LogP contribution < -0.4 is 11.1 Å². The largest absolute Gasteiger partial charge is 0.382 e. The maximum atomic E-state index is 9.47. The van der Waals surface area contributed by atoms with Crippen molar-refractivity contribution in [3.63, 3.8) is 0 Å². The standard InChI is InChI=1S/C28H29N7O2/c1-28(2,17-29)25-13-20(7-10-31-25)23-16-33-27(30)26(34-23)24-14-22(35-37-24)19-5-3-18(4-6-19)15-32-21-8-11-36-12-9-21/h3-7,10,13-14,16,21,32H,8-9,11-12,15H2,1-2H3,(H2,30,33). The number of nitriles is 1. The molecule has 0 amide bonds. The Balaban J connectivity index is 1.34. The highest BCUT2D eigenvalue weighted by molar-refractivity contribution is 5.73. The number of aromatic nitrogens is 4. The van der Waals surface area contributed by atoms with Gasteiger partial charge in [0, 0.05) is 49.2 Å². The number of pyridine rings is 1. The number of nitrogens with one attached hydrogen (secondary N) is 1. The van der Waals surface area contributed by atoms with E-state index >= 15 is 0 Å². The van der Waals surface area contributed by atoms with Gasteiger partial charge in [-0.15, -0.1) is 0 Å². The molecule has 5 rings (SSSR count). The second-order valence-corrected chi connectivity index (χ2v) is 9.70. The van der Waals surface area contributed by atoms with Gasteiger partial charge in [0.1, 0.15) is 5.69 Å². The molecule has 9 heteroatoms. The monoisotopic (exact) mass is 495 g/mol. The number of rotatable bonds is 7. The summed E-state index contributed by atoms with van der Waals surface area (Å²) in [5.74, 6) is 0.673. The molecule has 0 spiro atoms. The third kappa shape index (κ3) is 5.50. The van der Waals surface area contributed by atoms with E-state index in [1.807, 2.05) is 44.2 Å². The van der Waals surface area contributed by atoms with Gasteiger partial charge in [0.2, 0.25) is 0 Å². The molecule has 0 atom stereocenters. The van der Waals surface area contributed by atoms with Gasteiger partial charge in [-0.25, -0.2) is 9.97 Å². The molecule has 0 aliphatic carbocycles. The van der Waals surface area contributed by atoms with Crippen LogP contribution in [0.4, 0.5) is 5.82 Å². The first-order valence-electron chi connectivity index (χ1n) is 12.3. The third-order valence-corrected chi connectivity index (χ3v) is 6.59. The maximum absolute atomic E-state index is 9.47. The van der Waals surface area contributed by atoms with Crippen molar-refractivity contribution >= 4 is 5.82 Å². The lowest BCUT2D eigenvalue weighted by Gasteiger charge is -2.23. The summed E-state index contributed by atoms with van der Waals surface area (Å²) in [4.78, 5) is 13.4. The number of benzene rings is 1. The maximum Gasteiger partial charge on any atom is 0.189 e. The molecule has 37 heavy (non-hydrogen) atoms. The predicted molar refractivity (Wildman–Crippen MR) is 140 cm³/mol. The Hall–Kier alpha value is -4.13. The number of nitrogens with zero attached hydrogens (tertiary/aromatic N) is 5. The van der Waals surface area contributed by atoms with Crippen molar-refractivity contribution in [2.75, 3.05) is 18.9 Å². The Kier molecular flexibility index (Phi) is 6.95. The Bertz CT molecular complexity index is 1420. The third-order valence-electron chi connectivity index (χ3n) is 6.59. The van der Waals surface area contributed by atoms with Crippen LogP contribution in [0, 0.1) is 11.3 Å². The summed E-state index contributed by atoms with van der Waals surface area (Å²) in [5.41, 5.74) is 10.7. The van der Waals surface area contributed by atoms with Gasteiger partial charge in [0.15, 0.2) is 17.3 Å². The minimum absolute atomic E-state index is 0.243. The zero-order valence-electron chi connectivity index (χ0n) is 20.9. The van der Waals surface area contributed by atoms with Crippen LogP contribution in [0.15, 0.2) is 59.4 Å². The quantitative estimate of drug-likeness (QED) is 0.379. The van der Waals surface area contributed by atoms with E-state index in [9.17, 15) is 5.26 Å². The first-order valence-corrected chi connectivity index (χ1v) is 12.3. The van der Waals surface area contributed by atoms with Crippen molar-refractivity contribution < 1.29 is 9.26 Å². The van der Waals surface area contributed by atoms with Gasteiger partial charge in [-0.05, 0) is 44.4 Å². The minimum Gasteiger partial charge on any atom is -0.382 e. The van der Waals surface area contributed by atoms with Crippen LogP contribution in [0.2, 0.25) is 0 Å². The Morgan fingerprint density at radius 2 is 1.84 bits per heavy atom. The Morgan fingerprint density at radius 1 is 1.05 bits per heavy atom.